The van der Waals surface area contributed by atoms with Crippen molar-refractivity contribution in [3.8, 4) is 26.8 Å². The van der Waals surface area contributed by atoms with Gasteiger partial charge in [-0.1, -0.05) is 69.3 Å². The van der Waals surface area contributed by atoms with E-state index in [1.165, 1.54) is 35.1 Å². The van der Waals surface area contributed by atoms with Gasteiger partial charge in [-0.15, -0.1) is 22.7 Å². The average molecular weight is 964 g/mol. The normalized spacial score (nSPS) is 18.9. The second kappa shape index (κ2) is 21.2. The first-order valence-electron chi connectivity index (χ1n) is 22.4. The number of aromatic nitrogens is 3. The number of likely N-dealkylation sites (tertiary alicyclic amines) is 2. The first kappa shape index (κ1) is 49.3. The number of hydrogen-bond donors (Lipinski definition) is 5. The van der Waals surface area contributed by atoms with E-state index in [2.05, 4.69) is 36.2 Å². The fraction of sp³-hybridized carbons (Fsp3) is 0.408. The molecule has 6 amide bonds. The summed E-state index contributed by atoms with van der Waals surface area (Å²) in [4.78, 5) is 98.6. The smallest absolute Gasteiger partial charge is 0.253 e. The lowest BCUT2D eigenvalue weighted by molar-refractivity contribution is -0.142. The number of aliphatic hydroxyl groups excluding tert-OH is 1. The highest BCUT2D eigenvalue weighted by molar-refractivity contribution is 7.13. The lowest BCUT2D eigenvalue weighted by atomic mass is 9.85. The molecule has 358 valence electrons. The molecule has 17 nitrogen and oxygen atoms in total. The van der Waals surface area contributed by atoms with Gasteiger partial charge < -0.3 is 40.9 Å². The van der Waals surface area contributed by atoms with Gasteiger partial charge in [0.2, 0.25) is 35.4 Å². The van der Waals surface area contributed by atoms with E-state index in [1.54, 1.807) is 61.4 Å². The van der Waals surface area contributed by atoms with Gasteiger partial charge in [0, 0.05) is 51.7 Å². The highest BCUT2D eigenvalue weighted by Crippen LogP contribution is 2.30. The number of thiazole rings is 2. The summed E-state index contributed by atoms with van der Waals surface area (Å²) >= 11 is 3.11. The Morgan fingerprint density at radius 3 is 1.74 bits per heavy atom. The summed E-state index contributed by atoms with van der Waals surface area (Å²) in [5.41, 5.74) is 8.60. The van der Waals surface area contributed by atoms with Crippen LogP contribution in [-0.4, -0.2) is 115 Å². The molecule has 7 rings (SSSR count). The van der Waals surface area contributed by atoms with Gasteiger partial charge in [-0.05, 0) is 54.5 Å². The molecule has 0 aliphatic carbocycles. The van der Waals surface area contributed by atoms with Crippen LogP contribution in [0.5, 0.6) is 5.88 Å². The van der Waals surface area contributed by atoms with Crippen LogP contribution in [0.15, 0.2) is 77.9 Å². The largest absolute Gasteiger partial charge is 0.472 e. The lowest BCUT2D eigenvalue weighted by Crippen LogP contribution is -2.57. The number of benzene rings is 2. The summed E-state index contributed by atoms with van der Waals surface area (Å²) in [6.07, 6.45) is -0.0945. The van der Waals surface area contributed by atoms with E-state index in [0.29, 0.717) is 0 Å². The number of pyridine rings is 1. The fourth-order valence-corrected chi connectivity index (χ4v) is 10.0. The van der Waals surface area contributed by atoms with Crippen molar-refractivity contribution in [2.24, 2.45) is 5.41 Å². The second-order valence-electron chi connectivity index (χ2n) is 18.3. The molecule has 2 aliphatic heterocycles. The summed E-state index contributed by atoms with van der Waals surface area (Å²) in [5, 5.41) is 22.0. The monoisotopic (exact) mass is 963 g/mol. The third kappa shape index (κ3) is 11.7. The number of aryl methyl sites for hydroxylation is 2. The molecule has 0 radical (unpaired) electrons. The van der Waals surface area contributed by atoms with E-state index >= 15 is 0 Å². The van der Waals surface area contributed by atoms with Crippen LogP contribution >= 0.6 is 22.7 Å². The summed E-state index contributed by atoms with van der Waals surface area (Å²) in [5.74, 6) is -2.59. The Labute approximate surface area is 403 Å². The number of nitrogens with zero attached hydrogens (tertiary/aromatic N) is 5. The molecule has 6 atom stereocenters. The average Bonchev–Trinajstić information content (AvgIpc) is 4.13. The van der Waals surface area contributed by atoms with Gasteiger partial charge in [-0.2, -0.15) is 0 Å². The second-order valence-corrected chi connectivity index (χ2v) is 20.0. The van der Waals surface area contributed by atoms with Crippen LogP contribution in [0.2, 0.25) is 0 Å². The van der Waals surface area contributed by atoms with Crippen LogP contribution in [-0.2, 0) is 37.1 Å². The van der Waals surface area contributed by atoms with Crippen molar-refractivity contribution in [1.82, 2.24) is 46.0 Å². The van der Waals surface area contributed by atoms with Gasteiger partial charge in [-0.25, -0.2) is 15.0 Å². The molecule has 5 heterocycles. The molecule has 0 spiro atoms. The van der Waals surface area contributed by atoms with Crippen molar-refractivity contribution in [3.63, 3.8) is 0 Å². The van der Waals surface area contributed by atoms with E-state index in [4.69, 9.17) is 4.74 Å². The molecular formula is C49H57N9O8S2. The van der Waals surface area contributed by atoms with Crippen LogP contribution in [0, 0.1) is 19.3 Å². The molecule has 0 saturated carbocycles. The van der Waals surface area contributed by atoms with Gasteiger partial charge in [0.05, 0.1) is 50.4 Å². The summed E-state index contributed by atoms with van der Waals surface area (Å²) < 4.78 is 6.18. The quantitative estimate of drug-likeness (QED) is 0.0979. The molecule has 2 saturated heterocycles. The zero-order valence-electron chi connectivity index (χ0n) is 39.1. The molecule has 2 fully saturated rings. The Morgan fingerprint density at radius 1 is 0.735 bits per heavy atom. The zero-order valence-corrected chi connectivity index (χ0v) is 40.7. The van der Waals surface area contributed by atoms with Crippen molar-refractivity contribution in [3.05, 3.63) is 106 Å². The standard InChI is InChI=1S/C49H57N9O8S2/c1-27-41(67-25-53-27)33-12-8-31(9-13-33)20-51-45(62)38-18-36(60)23-57(38)48(65)43(49(5,6)7)56-44(61)35-16-17-40(50-22-35)66-37-19-39(58(24-37)47(64)29(3)55-30(4)59)46(63)52-21-32-10-14-34(15-11-32)42-28(2)54-26-68-42/h8-17,22,25-26,29,36-39,43,60H,18-21,23-24H2,1-7H3,(H,51,62)(H,52,63)(H,55,59)(H,56,61)/t29-,36+,37+,38-,39-,43+/m0/s1. The molecule has 0 bridgehead atoms. The molecule has 2 aromatic carbocycles. The number of amides is 6. The molecule has 2 aliphatic rings. The Balaban J connectivity index is 0.965. The number of carbonyl (C=O) groups is 6. The molecule has 5 aromatic rings. The van der Waals surface area contributed by atoms with E-state index in [9.17, 15) is 33.9 Å². The van der Waals surface area contributed by atoms with E-state index in [0.717, 1.165) is 43.4 Å². The highest BCUT2D eigenvalue weighted by atomic mass is 32.1. The van der Waals surface area contributed by atoms with Crippen LogP contribution in [0.1, 0.15) is 80.3 Å². The maximum Gasteiger partial charge on any atom is 0.253 e. The van der Waals surface area contributed by atoms with Gasteiger partial charge in [0.1, 0.15) is 30.3 Å². The van der Waals surface area contributed by atoms with Crippen molar-refractivity contribution >= 4 is 58.1 Å². The number of β-amino-alcohol motifs (C(OH)–C–C–N with tert-alkyl or cyclic N) is 1. The van der Waals surface area contributed by atoms with Gasteiger partial charge >= 0.3 is 0 Å². The Kier molecular flexibility index (Phi) is 15.4. The molecular weight excluding hydrogens is 907 g/mol. The predicted molar refractivity (Wildman–Crippen MR) is 257 cm³/mol. The molecule has 68 heavy (non-hydrogen) atoms. The first-order chi connectivity index (χ1) is 32.4. The maximum absolute atomic E-state index is 14.2. The van der Waals surface area contributed by atoms with E-state index in [1.807, 2.05) is 62.4 Å². The van der Waals surface area contributed by atoms with Crippen LogP contribution in [0.25, 0.3) is 20.9 Å². The highest BCUT2D eigenvalue weighted by Gasteiger charge is 2.45. The number of carbonyl (C=O) groups excluding carboxylic acids is 6. The molecule has 5 N–H and O–H groups in total. The maximum atomic E-state index is 14.2. The Morgan fingerprint density at radius 2 is 1.26 bits per heavy atom. The molecule has 0 unspecified atom stereocenters. The Bertz CT molecular complexity index is 2630. The van der Waals surface area contributed by atoms with Gasteiger partial charge in [0.25, 0.3) is 5.91 Å². The summed E-state index contributed by atoms with van der Waals surface area (Å²) in [6.45, 7) is 12.6. The van der Waals surface area contributed by atoms with E-state index in [-0.39, 0.29) is 62.3 Å². The van der Waals surface area contributed by atoms with Crippen molar-refractivity contribution < 1.29 is 38.6 Å². The Hall–Kier alpha value is -6.57. The number of nitrogens with one attached hydrogen (secondary N) is 4. The number of ether oxygens (including phenoxy) is 1. The third-order valence-electron chi connectivity index (χ3n) is 12.0. The van der Waals surface area contributed by atoms with Crippen LogP contribution in [0.4, 0.5) is 0 Å². The van der Waals surface area contributed by atoms with Crippen molar-refractivity contribution in [2.45, 2.75) is 111 Å². The van der Waals surface area contributed by atoms with Gasteiger partial charge in [-0.3, -0.25) is 28.8 Å². The summed E-state index contributed by atoms with van der Waals surface area (Å²) in [6, 6.07) is 14.8. The van der Waals surface area contributed by atoms with E-state index < -0.39 is 65.4 Å². The van der Waals surface area contributed by atoms with Crippen LogP contribution in [0.3, 0.4) is 0 Å². The minimum Gasteiger partial charge on any atom is -0.472 e. The predicted octanol–water partition coefficient (Wildman–Crippen LogP) is 4.56. The minimum atomic E-state index is -1.08. The number of aliphatic hydroxyl groups is 1. The zero-order chi connectivity index (χ0) is 48.9. The van der Waals surface area contributed by atoms with Gasteiger partial charge in [0.15, 0.2) is 0 Å². The number of rotatable bonds is 15. The van der Waals surface area contributed by atoms with Crippen molar-refractivity contribution in [2.75, 3.05) is 13.1 Å². The fourth-order valence-electron chi connectivity index (χ4n) is 8.40. The van der Waals surface area contributed by atoms with Crippen molar-refractivity contribution in [1.29, 1.82) is 0 Å². The SMILES string of the molecule is CC(=O)N[C@@H](C)C(=O)N1C[C@H](Oc2ccc(C(=O)N[C@H](C(=O)N3C[C@H](O)C[C@H]3C(=O)NCc3ccc(-c4scnc4C)cc3)C(C)(C)C)cn2)C[C@H]1C(=O)NCc1ccc(-c2scnc2C)cc1. The summed E-state index contributed by atoms with van der Waals surface area (Å²) in [7, 11) is 0. The first-order valence-corrected chi connectivity index (χ1v) is 24.2. The third-order valence-corrected chi connectivity index (χ3v) is 14.0. The molecule has 3 aromatic heterocycles. The van der Waals surface area contributed by atoms with Crippen LogP contribution < -0.4 is 26.0 Å². The minimum absolute atomic E-state index is 0.0359. The number of hydrogen-bond acceptors (Lipinski definition) is 13. The topological polar surface area (TPSA) is 225 Å². The lowest BCUT2D eigenvalue weighted by Gasteiger charge is -2.35. The molecule has 19 heteroatoms.